The number of hydrogen-bond donors (Lipinski definition) is 1. The number of methoxy groups -OCH3 is 1. The first-order chi connectivity index (χ1) is 15.5. The molecule has 2 fully saturated rings. The van der Waals surface area contributed by atoms with Crippen LogP contribution in [0.2, 0.25) is 0 Å². The van der Waals surface area contributed by atoms with Crippen LogP contribution in [0.15, 0.2) is 53.4 Å². The van der Waals surface area contributed by atoms with Crippen molar-refractivity contribution in [3.8, 4) is 5.75 Å². The van der Waals surface area contributed by atoms with Crippen LogP contribution in [0.25, 0.3) is 0 Å². The Morgan fingerprint density at radius 1 is 1.09 bits per heavy atom. The van der Waals surface area contributed by atoms with Gasteiger partial charge in [0.15, 0.2) is 0 Å². The van der Waals surface area contributed by atoms with Gasteiger partial charge in [-0.05, 0) is 49.4 Å². The Balaban J connectivity index is 1.58. The number of ether oxygens (including phenoxy) is 2. The molecule has 4 rings (SSSR count). The molecular weight excluding hydrogens is 428 g/mol. The van der Waals surface area contributed by atoms with Crippen LogP contribution in [-0.2, 0) is 20.2 Å². The fourth-order valence-electron chi connectivity index (χ4n) is 4.57. The summed E-state index contributed by atoms with van der Waals surface area (Å²) in [5.74, 6) is 0.00531. The maximum Gasteiger partial charge on any atom is 0.255 e. The van der Waals surface area contributed by atoms with E-state index in [2.05, 4.69) is 17.4 Å². The average molecular weight is 459 g/mol. The Hall–Kier alpha value is -2.42. The summed E-state index contributed by atoms with van der Waals surface area (Å²) in [5.41, 5.74) is 1.17. The second kappa shape index (κ2) is 9.60. The summed E-state index contributed by atoms with van der Waals surface area (Å²) in [4.78, 5) is 13.3. The molecule has 1 N–H and O–H groups in total. The minimum Gasteiger partial charge on any atom is -0.496 e. The van der Waals surface area contributed by atoms with E-state index >= 15 is 0 Å². The molecule has 172 valence electrons. The van der Waals surface area contributed by atoms with E-state index in [9.17, 15) is 13.2 Å². The minimum atomic E-state index is -3.63. The van der Waals surface area contributed by atoms with Crippen molar-refractivity contribution in [1.82, 2.24) is 9.62 Å². The zero-order valence-corrected chi connectivity index (χ0v) is 19.2. The summed E-state index contributed by atoms with van der Waals surface area (Å²) < 4.78 is 38.4. The van der Waals surface area contributed by atoms with Crippen molar-refractivity contribution in [2.75, 3.05) is 40.0 Å². The molecule has 2 aromatic carbocycles. The van der Waals surface area contributed by atoms with Crippen molar-refractivity contribution in [2.24, 2.45) is 0 Å². The normalized spacial score (nSPS) is 18.9. The van der Waals surface area contributed by atoms with Gasteiger partial charge in [0.2, 0.25) is 10.0 Å². The van der Waals surface area contributed by atoms with Gasteiger partial charge in [0, 0.05) is 38.3 Å². The number of rotatable bonds is 7. The summed E-state index contributed by atoms with van der Waals surface area (Å²) in [5, 5.41) is 3.05. The number of sulfonamides is 1. The molecule has 2 heterocycles. The molecule has 0 atom stereocenters. The Kier molecular flexibility index (Phi) is 6.83. The molecule has 8 heteroatoms. The third-order valence-electron chi connectivity index (χ3n) is 6.54. The number of nitrogens with one attached hydrogen (secondary N) is 1. The molecule has 2 saturated heterocycles. The van der Waals surface area contributed by atoms with E-state index in [0.29, 0.717) is 38.6 Å². The molecule has 0 radical (unpaired) electrons. The van der Waals surface area contributed by atoms with Crippen molar-refractivity contribution in [2.45, 2.75) is 36.0 Å². The first kappa shape index (κ1) is 22.8. The van der Waals surface area contributed by atoms with Crippen LogP contribution >= 0.6 is 0 Å². The Bertz CT molecular complexity index is 1040. The standard InChI is InChI=1S/C24H30N2O5S/c1-30-22-10-9-20(32(28,29)26-13-5-6-14-26)17-21(22)23(27)25-18-24(11-15-31-16-12-24)19-7-3-2-4-8-19/h2-4,7-10,17H,5-6,11-16,18H2,1H3,(H,25,27). The first-order valence-corrected chi connectivity index (χ1v) is 12.5. The van der Waals surface area contributed by atoms with Gasteiger partial charge in [0.25, 0.3) is 5.91 Å². The zero-order valence-electron chi connectivity index (χ0n) is 18.4. The van der Waals surface area contributed by atoms with E-state index in [4.69, 9.17) is 9.47 Å². The van der Waals surface area contributed by atoms with E-state index in [1.54, 1.807) is 6.07 Å². The minimum absolute atomic E-state index is 0.120. The maximum absolute atomic E-state index is 13.2. The maximum atomic E-state index is 13.2. The zero-order chi connectivity index (χ0) is 22.6. The third kappa shape index (κ3) is 4.53. The molecule has 0 bridgehead atoms. The van der Waals surface area contributed by atoms with Crippen molar-refractivity contribution >= 4 is 15.9 Å². The van der Waals surface area contributed by atoms with E-state index in [0.717, 1.165) is 25.7 Å². The lowest BCUT2D eigenvalue weighted by atomic mass is 9.74. The summed E-state index contributed by atoms with van der Waals surface area (Å²) in [7, 11) is -2.15. The van der Waals surface area contributed by atoms with Crippen LogP contribution in [0.1, 0.15) is 41.6 Å². The SMILES string of the molecule is COc1ccc(S(=O)(=O)N2CCCC2)cc1C(=O)NCC1(c2ccccc2)CCOCC1. The van der Waals surface area contributed by atoms with Gasteiger partial charge in [-0.25, -0.2) is 8.42 Å². The largest absolute Gasteiger partial charge is 0.496 e. The number of amides is 1. The number of carbonyl (C=O) groups is 1. The van der Waals surface area contributed by atoms with Gasteiger partial charge < -0.3 is 14.8 Å². The summed E-state index contributed by atoms with van der Waals surface area (Å²) >= 11 is 0. The molecule has 2 aromatic rings. The lowest BCUT2D eigenvalue weighted by Gasteiger charge is -2.38. The first-order valence-electron chi connectivity index (χ1n) is 11.1. The predicted octanol–water partition coefficient (Wildman–Crippen LogP) is 2.96. The van der Waals surface area contributed by atoms with E-state index < -0.39 is 10.0 Å². The highest BCUT2D eigenvalue weighted by atomic mass is 32.2. The molecule has 0 saturated carbocycles. The summed E-state index contributed by atoms with van der Waals surface area (Å²) in [6.07, 6.45) is 3.32. The van der Waals surface area contributed by atoms with Crippen LogP contribution < -0.4 is 10.1 Å². The van der Waals surface area contributed by atoms with Gasteiger partial charge >= 0.3 is 0 Å². The van der Waals surface area contributed by atoms with Crippen LogP contribution in [0.4, 0.5) is 0 Å². The van der Waals surface area contributed by atoms with Gasteiger partial charge in [-0.3, -0.25) is 4.79 Å². The van der Waals surface area contributed by atoms with Crippen LogP contribution in [0.5, 0.6) is 5.75 Å². The monoisotopic (exact) mass is 458 g/mol. The van der Waals surface area contributed by atoms with Crippen molar-refractivity contribution in [1.29, 1.82) is 0 Å². The second-order valence-electron chi connectivity index (χ2n) is 8.41. The molecule has 2 aliphatic heterocycles. The molecule has 0 unspecified atom stereocenters. The van der Waals surface area contributed by atoms with Gasteiger partial charge in [-0.1, -0.05) is 30.3 Å². The lowest BCUT2D eigenvalue weighted by Crippen LogP contribution is -2.44. The van der Waals surface area contributed by atoms with Crippen LogP contribution in [0.3, 0.4) is 0 Å². The van der Waals surface area contributed by atoms with Crippen LogP contribution in [0, 0.1) is 0 Å². The number of carbonyl (C=O) groups excluding carboxylic acids is 1. The van der Waals surface area contributed by atoms with E-state index in [-0.39, 0.29) is 21.8 Å². The highest BCUT2D eigenvalue weighted by Crippen LogP contribution is 2.34. The Morgan fingerprint density at radius 2 is 1.78 bits per heavy atom. The molecule has 0 spiro atoms. The van der Waals surface area contributed by atoms with Crippen molar-refractivity contribution < 1.29 is 22.7 Å². The fraction of sp³-hybridized carbons (Fsp3) is 0.458. The number of hydrogen-bond acceptors (Lipinski definition) is 5. The molecular formula is C24H30N2O5S. The number of benzene rings is 2. The highest BCUT2D eigenvalue weighted by molar-refractivity contribution is 7.89. The highest BCUT2D eigenvalue weighted by Gasteiger charge is 2.35. The summed E-state index contributed by atoms with van der Waals surface area (Å²) in [6.45, 7) is 2.73. The molecule has 2 aliphatic rings. The van der Waals surface area contributed by atoms with Gasteiger partial charge in [0.1, 0.15) is 5.75 Å². The van der Waals surface area contributed by atoms with Gasteiger partial charge in [-0.15, -0.1) is 0 Å². The quantitative estimate of drug-likeness (QED) is 0.690. The Morgan fingerprint density at radius 3 is 2.44 bits per heavy atom. The molecule has 0 aromatic heterocycles. The van der Waals surface area contributed by atoms with Crippen molar-refractivity contribution in [3.63, 3.8) is 0 Å². The molecule has 0 aliphatic carbocycles. The Labute approximate surface area is 189 Å². The van der Waals surface area contributed by atoms with Crippen LogP contribution in [-0.4, -0.2) is 58.6 Å². The third-order valence-corrected chi connectivity index (χ3v) is 8.44. The van der Waals surface area contributed by atoms with Crippen molar-refractivity contribution in [3.05, 3.63) is 59.7 Å². The molecule has 32 heavy (non-hydrogen) atoms. The van der Waals surface area contributed by atoms with Gasteiger partial charge in [0.05, 0.1) is 17.6 Å². The smallest absolute Gasteiger partial charge is 0.255 e. The summed E-state index contributed by atoms with van der Waals surface area (Å²) in [6, 6.07) is 14.6. The predicted molar refractivity (Wildman–Crippen MR) is 121 cm³/mol. The topological polar surface area (TPSA) is 84.9 Å². The second-order valence-corrected chi connectivity index (χ2v) is 10.4. The lowest BCUT2D eigenvalue weighted by molar-refractivity contribution is 0.0487. The van der Waals surface area contributed by atoms with E-state index in [1.807, 2.05) is 18.2 Å². The van der Waals surface area contributed by atoms with E-state index in [1.165, 1.54) is 29.1 Å². The van der Waals surface area contributed by atoms with Gasteiger partial charge in [-0.2, -0.15) is 4.31 Å². The number of nitrogens with zero attached hydrogens (tertiary/aromatic N) is 1. The average Bonchev–Trinajstić information content (AvgIpc) is 3.39. The molecule has 1 amide bonds. The molecule has 7 nitrogen and oxygen atoms in total. The fourth-order valence-corrected chi connectivity index (χ4v) is 6.11.